The SMILES string of the molecule is CC[C@H](C)[C@H](NC(=O)[C@H](C)NC(C)=O)C(=O)N[C@@H](C)C(=O)N[C@@H](CCCCN)C(=O)N[C@@H](C)C(=O)N[C@@H](Cc1ccc2ccccc2c1)C(=O)N[C@@H](CCCCN)C(=O)N[C@H](C(=O)N[C@@H](C)C(N)=O)[C@@H](C)CC. The second-order valence-electron chi connectivity index (χ2n) is 18.9. The Bertz CT molecular complexity index is 2210. The number of amides is 10. The van der Waals surface area contributed by atoms with Crippen molar-refractivity contribution in [3.05, 3.63) is 48.0 Å². The monoisotopic (exact) mass is 1020 g/mol. The molecule has 0 radical (unpaired) electrons. The maximum atomic E-state index is 14.4. The van der Waals surface area contributed by atoms with Crippen molar-refractivity contribution in [2.24, 2.45) is 29.0 Å². The molecule has 0 bridgehead atoms. The van der Waals surface area contributed by atoms with Crippen LogP contribution in [-0.2, 0) is 54.4 Å². The first-order valence-corrected chi connectivity index (χ1v) is 25.3. The van der Waals surface area contributed by atoms with E-state index in [0.717, 1.165) is 10.8 Å². The van der Waals surface area contributed by atoms with Gasteiger partial charge in [-0.3, -0.25) is 47.9 Å². The van der Waals surface area contributed by atoms with Crippen molar-refractivity contribution in [2.45, 2.75) is 174 Å². The Hall–Kier alpha value is -6.68. The van der Waals surface area contributed by atoms with Gasteiger partial charge in [-0.25, -0.2) is 0 Å². The molecule has 0 aliphatic carbocycles. The van der Waals surface area contributed by atoms with E-state index in [1.165, 1.54) is 34.6 Å². The van der Waals surface area contributed by atoms with Gasteiger partial charge in [0.25, 0.3) is 0 Å². The highest BCUT2D eigenvalue weighted by Crippen LogP contribution is 2.18. The van der Waals surface area contributed by atoms with E-state index in [1.807, 2.05) is 50.2 Å². The van der Waals surface area contributed by atoms with E-state index in [2.05, 4.69) is 47.9 Å². The Morgan fingerprint density at radius 1 is 0.452 bits per heavy atom. The molecule has 0 aromatic heterocycles. The summed E-state index contributed by atoms with van der Waals surface area (Å²) in [4.78, 5) is 133. The van der Waals surface area contributed by atoms with Crippen LogP contribution >= 0.6 is 0 Å². The van der Waals surface area contributed by atoms with Crippen LogP contribution in [0.5, 0.6) is 0 Å². The molecule has 73 heavy (non-hydrogen) atoms. The third-order valence-corrected chi connectivity index (χ3v) is 12.7. The standard InChI is InChI=1S/C51H82N12O10/c1-10-28(3)41(62-46(68)31(6)55-34(9)64)51(73)58-33(8)44(66)59-38(20-14-16-24-52)47(69)57-32(7)45(67)61-40(27-35-22-23-36-18-12-13-19-37(36)26-35)49(71)60-39(21-15-17-25-53)48(70)63-42(29(4)11-2)50(72)56-30(5)43(54)65/h12-13,18-19,22-23,26,28-33,38-42H,10-11,14-17,20-21,24-25,27,52-53H2,1-9H3,(H2,54,65)(H,55,64)(H,56,72)(H,57,69)(H,58,73)(H,59,66)(H,60,71)(H,61,67)(H,62,68)(H,63,70)/t28-,29-,30-,31-,32-,33-,38-,39-,40-,41-,42-/m0/s1. The molecule has 0 saturated heterocycles. The summed E-state index contributed by atoms with van der Waals surface area (Å²) in [5, 5.41) is 25.6. The first-order chi connectivity index (χ1) is 34.5. The van der Waals surface area contributed by atoms with Gasteiger partial charge in [0, 0.05) is 13.3 Å². The van der Waals surface area contributed by atoms with Crippen LogP contribution in [0.4, 0.5) is 0 Å². The molecule has 406 valence electrons. The third kappa shape index (κ3) is 21.1. The number of unbranched alkanes of at least 4 members (excludes halogenated alkanes) is 2. The van der Waals surface area contributed by atoms with Gasteiger partial charge in [0.2, 0.25) is 59.1 Å². The molecule has 15 N–H and O–H groups in total. The van der Waals surface area contributed by atoms with Crippen LogP contribution in [0.25, 0.3) is 10.8 Å². The smallest absolute Gasteiger partial charge is 0.243 e. The number of nitrogens with one attached hydrogen (secondary N) is 9. The summed E-state index contributed by atoms with van der Waals surface area (Å²) in [7, 11) is 0. The Morgan fingerprint density at radius 3 is 1.33 bits per heavy atom. The van der Waals surface area contributed by atoms with Gasteiger partial charge in [0.1, 0.15) is 54.4 Å². The fraction of sp³-hybridized carbons (Fsp3) is 0.608. The number of hydrogen-bond donors (Lipinski definition) is 12. The van der Waals surface area contributed by atoms with Crippen molar-refractivity contribution in [3.8, 4) is 0 Å². The van der Waals surface area contributed by atoms with Gasteiger partial charge in [-0.15, -0.1) is 0 Å². The normalized spacial score (nSPS) is 15.7. The molecule has 0 heterocycles. The number of fused-ring (bicyclic) bond motifs is 1. The predicted octanol–water partition coefficient (Wildman–Crippen LogP) is -0.320. The molecule has 0 unspecified atom stereocenters. The van der Waals surface area contributed by atoms with Crippen LogP contribution in [0, 0.1) is 11.8 Å². The lowest BCUT2D eigenvalue weighted by atomic mass is 9.97. The van der Waals surface area contributed by atoms with E-state index in [4.69, 9.17) is 17.2 Å². The molecular weight excluding hydrogens is 941 g/mol. The zero-order chi connectivity index (χ0) is 54.9. The van der Waals surface area contributed by atoms with Crippen LogP contribution in [0.3, 0.4) is 0 Å². The minimum Gasteiger partial charge on any atom is -0.368 e. The zero-order valence-corrected chi connectivity index (χ0v) is 44.0. The number of carbonyl (C=O) groups excluding carboxylic acids is 10. The molecule has 0 aliphatic rings. The molecule has 2 rings (SSSR count). The summed E-state index contributed by atoms with van der Waals surface area (Å²) >= 11 is 0. The molecule has 2 aromatic carbocycles. The van der Waals surface area contributed by atoms with E-state index in [-0.39, 0.29) is 31.1 Å². The second kappa shape index (κ2) is 31.7. The van der Waals surface area contributed by atoms with Crippen LogP contribution in [0.1, 0.15) is 119 Å². The lowest BCUT2D eigenvalue weighted by Crippen LogP contribution is -2.60. The van der Waals surface area contributed by atoms with Gasteiger partial charge >= 0.3 is 0 Å². The fourth-order valence-corrected chi connectivity index (χ4v) is 7.63. The summed E-state index contributed by atoms with van der Waals surface area (Å²) < 4.78 is 0. The summed E-state index contributed by atoms with van der Waals surface area (Å²) in [6, 6.07) is 2.88. The van der Waals surface area contributed by atoms with Crippen molar-refractivity contribution >= 4 is 69.8 Å². The number of benzene rings is 2. The minimum atomic E-state index is -1.30. The molecule has 10 amide bonds. The van der Waals surface area contributed by atoms with E-state index >= 15 is 0 Å². The molecule has 22 nitrogen and oxygen atoms in total. The summed E-state index contributed by atoms with van der Waals surface area (Å²) in [6.45, 7) is 14.7. The number of nitrogens with two attached hydrogens (primary N) is 3. The lowest BCUT2D eigenvalue weighted by molar-refractivity contribution is -0.136. The van der Waals surface area contributed by atoms with E-state index < -0.39 is 113 Å². The largest absolute Gasteiger partial charge is 0.368 e. The average molecular weight is 1020 g/mol. The van der Waals surface area contributed by atoms with Crippen molar-refractivity contribution < 1.29 is 47.9 Å². The van der Waals surface area contributed by atoms with Crippen molar-refractivity contribution in [3.63, 3.8) is 0 Å². The van der Waals surface area contributed by atoms with E-state index in [1.54, 1.807) is 19.9 Å². The van der Waals surface area contributed by atoms with Crippen molar-refractivity contribution in [2.75, 3.05) is 13.1 Å². The molecule has 11 atom stereocenters. The quantitative estimate of drug-likeness (QED) is 0.0420. The van der Waals surface area contributed by atoms with Gasteiger partial charge in [-0.1, -0.05) is 83.0 Å². The maximum Gasteiger partial charge on any atom is 0.243 e. The first-order valence-electron chi connectivity index (χ1n) is 25.3. The lowest BCUT2D eigenvalue weighted by Gasteiger charge is -2.29. The molecule has 22 heteroatoms. The minimum absolute atomic E-state index is 0.0413. The molecule has 2 aromatic rings. The fourth-order valence-electron chi connectivity index (χ4n) is 7.63. The van der Waals surface area contributed by atoms with Crippen LogP contribution < -0.4 is 65.1 Å². The van der Waals surface area contributed by atoms with Crippen molar-refractivity contribution in [1.82, 2.24) is 47.9 Å². The summed E-state index contributed by atoms with van der Waals surface area (Å²) in [6.07, 6.45) is 3.01. The highest BCUT2D eigenvalue weighted by molar-refractivity contribution is 5.98. The summed E-state index contributed by atoms with van der Waals surface area (Å²) in [5.41, 5.74) is 17.5. The van der Waals surface area contributed by atoms with Gasteiger partial charge in [0.05, 0.1) is 0 Å². The van der Waals surface area contributed by atoms with Gasteiger partial charge in [-0.05, 0) is 107 Å². The van der Waals surface area contributed by atoms with Crippen LogP contribution in [-0.4, -0.2) is 127 Å². The number of rotatable bonds is 32. The van der Waals surface area contributed by atoms with E-state index in [0.29, 0.717) is 57.2 Å². The van der Waals surface area contributed by atoms with Gasteiger partial charge in [0.15, 0.2) is 0 Å². The topological polar surface area (TPSA) is 357 Å². The predicted molar refractivity (Wildman–Crippen MR) is 277 cm³/mol. The van der Waals surface area contributed by atoms with Crippen molar-refractivity contribution in [1.29, 1.82) is 0 Å². The number of primary amides is 1. The van der Waals surface area contributed by atoms with Crippen LogP contribution in [0.2, 0.25) is 0 Å². The first kappa shape index (κ1) is 62.4. The third-order valence-electron chi connectivity index (χ3n) is 12.7. The zero-order valence-electron chi connectivity index (χ0n) is 44.0. The molecule has 0 fully saturated rings. The Balaban J connectivity index is 2.40. The number of carbonyl (C=O) groups is 10. The average Bonchev–Trinajstić information content (AvgIpc) is 3.35. The highest BCUT2D eigenvalue weighted by Gasteiger charge is 2.35. The molecule has 0 spiro atoms. The summed E-state index contributed by atoms with van der Waals surface area (Å²) in [5.74, 6) is -7.49. The van der Waals surface area contributed by atoms with E-state index in [9.17, 15) is 47.9 Å². The second-order valence-corrected chi connectivity index (χ2v) is 18.9. The maximum absolute atomic E-state index is 14.4. The Labute approximate surface area is 429 Å². The molecular formula is C51H82N12O10. The number of hydrogen-bond acceptors (Lipinski definition) is 12. The molecule has 0 saturated carbocycles. The Morgan fingerprint density at radius 2 is 0.849 bits per heavy atom. The van der Waals surface area contributed by atoms with Gasteiger partial charge < -0.3 is 65.1 Å². The molecule has 0 aliphatic heterocycles. The Kier molecular flexibility index (Phi) is 27.1. The van der Waals surface area contributed by atoms with Crippen LogP contribution in [0.15, 0.2) is 42.5 Å². The highest BCUT2D eigenvalue weighted by atomic mass is 16.2. The van der Waals surface area contributed by atoms with Gasteiger partial charge in [-0.2, -0.15) is 0 Å².